The molecule has 0 spiro atoms. The first-order valence-electron chi connectivity index (χ1n) is 21.1. The second kappa shape index (κ2) is 13.3. The van der Waals surface area contributed by atoms with Crippen LogP contribution >= 0.6 is 0 Å². The lowest BCUT2D eigenvalue weighted by Gasteiger charge is -2.30. The summed E-state index contributed by atoms with van der Waals surface area (Å²) in [5, 5.41) is 4.94. The van der Waals surface area contributed by atoms with Crippen LogP contribution in [0.1, 0.15) is 36.1 Å². The number of hydrogen-bond donors (Lipinski definition) is 0. The molecule has 3 nitrogen and oxygen atoms in total. The lowest BCUT2D eigenvalue weighted by molar-refractivity contribution is 0.660. The molecular weight excluding hydrogens is 727 g/mol. The van der Waals surface area contributed by atoms with E-state index in [9.17, 15) is 0 Å². The highest BCUT2D eigenvalue weighted by molar-refractivity contribution is 6.10. The maximum absolute atomic E-state index is 2.51. The van der Waals surface area contributed by atoms with E-state index in [1.54, 1.807) is 0 Å². The predicted molar refractivity (Wildman–Crippen MR) is 252 cm³/mol. The largest absolute Gasteiger partial charge is 0.363 e. The van der Waals surface area contributed by atoms with Crippen LogP contribution in [0.25, 0.3) is 60.5 Å². The molecule has 1 aliphatic carbocycles. The Morgan fingerprint density at radius 1 is 0.433 bits per heavy atom. The standard InChI is InChI=1S/C57H43N3/c1-57(2)52-26-13-11-24-49(52)56-50(46-25-15-18-40-36-58(37-51(40)46)41-19-5-3-6-20-41)33-45(34-53(56)57)59(43-29-28-38-16-9-10-17-39(38)32-43)44-30-31-48-47-23-12-14-27-54(47)60(55(48)35-44)42-21-7-4-8-22-42/h3-35H,36-37H2,1-2H3. The van der Waals surface area contributed by atoms with Crippen molar-refractivity contribution >= 4 is 55.3 Å². The minimum absolute atomic E-state index is 0.205. The molecular formula is C57H43N3. The Hall–Kier alpha value is -7.36. The van der Waals surface area contributed by atoms with E-state index < -0.39 is 0 Å². The Kier molecular flexibility index (Phi) is 7.71. The lowest BCUT2D eigenvalue weighted by Crippen LogP contribution is -2.17. The quantitative estimate of drug-likeness (QED) is 0.167. The van der Waals surface area contributed by atoms with Gasteiger partial charge in [0.2, 0.25) is 0 Å². The van der Waals surface area contributed by atoms with E-state index in [1.807, 2.05) is 0 Å². The van der Waals surface area contributed by atoms with Gasteiger partial charge >= 0.3 is 0 Å². The summed E-state index contributed by atoms with van der Waals surface area (Å²) in [5.41, 5.74) is 18.8. The highest BCUT2D eigenvalue weighted by atomic mass is 15.2. The normalized spacial score (nSPS) is 13.8. The Bertz CT molecular complexity index is 3300. The Morgan fingerprint density at radius 3 is 1.95 bits per heavy atom. The van der Waals surface area contributed by atoms with Crippen molar-refractivity contribution in [3.8, 4) is 27.9 Å². The van der Waals surface area contributed by atoms with Crippen molar-refractivity contribution in [1.82, 2.24) is 4.57 Å². The second-order valence-electron chi connectivity index (χ2n) is 17.0. The third-order valence-electron chi connectivity index (χ3n) is 13.2. The lowest BCUT2D eigenvalue weighted by atomic mass is 9.81. The summed E-state index contributed by atoms with van der Waals surface area (Å²) in [7, 11) is 0. The minimum Gasteiger partial charge on any atom is -0.363 e. The molecule has 0 amide bonds. The van der Waals surface area contributed by atoms with Crippen LogP contribution in [0.5, 0.6) is 0 Å². The average Bonchev–Trinajstić information content (AvgIpc) is 3.95. The van der Waals surface area contributed by atoms with Crippen LogP contribution in [-0.4, -0.2) is 4.57 Å². The number of para-hydroxylation sites is 3. The fourth-order valence-electron chi connectivity index (χ4n) is 10.4. The predicted octanol–water partition coefficient (Wildman–Crippen LogP) is 14.9. The zero-order valence-corrected chi connectivity index (χ0v) is 33.8. The first-order valence-corrected chi connectivity index (χ1v) is 21.1. The zero-order chi connectivity index (χ0) is 40.0. The van der Waals surface area contributed by atoms with E-state index in [0.717, 1.165) is 35.8 Å². The van der Waals surface area contributed by atoms with Crippen molar-refractivity contribution in [3.63, 3.8) is 0 Å². The van der Waals surface area contributed by atoms with Crippen LogP contribution in [0.15, 0.2) is 200 Å². The van der Waals surface area contributed by atoms with E-state index in [4.69, 9.17) is 0 Å². The summed E-state index contributed by atoms with van der Waals surface area (Å²) in [6.07, 6.45) is 0. The van der Waals surface area contributed by atoms with Crippen molar-refractivity contribution in [2.75, 3.05) is 9.80 Å². The van der Waals surface area contributed by atoms with Crippen LogP contribution in [-0.2, 0) is 18.5 Å². The number of fused-ring (bicyclic) bond motifs is 8. The molecule has 0 saturated heterocycles. The van der Waals surface area contributed by atoms with E-state index in [-0.39, 0.29) is 5.41 Å². The maximum Gasteiger partial charge on any atom is 0.0561 e. The minimum atomic E-state index is -0.205. The van der Waals surface area contributed by atoms with Gasteiger partial charge in [0.1, 0.15) is 0 Å². The molecule has 0 atom stereocenters. The highest BCUT2D eigenvalue weighted by Gasteiger charge is 2.39. The number of rotatable bonds is 6. The number of anilines is 4. The van der Waals surface area contributed by atoms with Gasteiger partial charge in [-0.3, -0.25) is 0 Å². The molecule has 0 fully saturated rings. The molecule has 9 aromatic carbocycles. The van der Waals surface area contributed by atoms with Crippen molar-refractivity contribution < 1.29 is 0 Å². The van der Waals surface area contributed by atoms with Gasteiger partial charge in [-0.05, 0) is 122 Å². The summed E-state index contributed by atoms with van der Waals surface area (Å²) in [5.74, 6) is 0. The molecule has 0 unspecified atom stereocenters. The van der Waals surface area contributed by atoms with Gasteiger partial charge in [0, 0.05) is 57.7 Å². The van der Waals surface area contributed by atoms with Crippen molar-refractivity contribution in [3.05, 3.63) is 222 Å². The van der Waals surface area contributed by atoms with Crippen LogP contribution in [0.4, 0.5) is 22.7 Å². The Morgan fingerprint density at radius 2 is 1.10 bits per heavy atom. The van der Waals surface area contributed by atoms with Gasteiger partial charge in [0.25, 0.3) is 0 Å². The van der Waals surface area contributed by atoms with Crippen molar-refractivity contribution in [2.24, 2.45) is 0 Å². The van der Waals surface area contributed by atoms with Gasteiger partial charge in [-0.2, -0.15) is 0 Å². The molecule has 3 heteroatoms. The number of aromatic nitrogens is 1. The van der Waals surface area contributed by atoms with Gasteiger partial charge < -0.3 is 14.4 Å². The maximum atomic E-state index is 2.51. The molecule has 0 bridgehead atoms. The summed E-state index contributed by atoms with van der Waals surface area (Å²) in [4.78, 5) is 5.01. The van der Waals surface area contributed by atoms with Crippen LogP contribution in [0.3, 0.4) is 0 Å². The molecule has 0 saturated carbocycles. The summed E-state index contributed by atoms with van der Waals surface area (Å²) in [6.45, 7) is 6.58. The van der Waals surface area contributed by atoms with Crippen molar-refractivity contribution in [1.29, 1.82) is 0 Å². The Labute approximate surface area is 351 Å². The zero-order valence-electron chi connectivity index (χ0n) is 33.8. The van der Waals surface area contributed by atoms with Gasteiger partial charge in [0.15, 0.2) is 0 Å². The molecule has 0 radical (unpaired) electrons. The third kappa shape index (κ3) is 5.29. The first kappa shape index (κ1) is 34.7. The number of benzene rings is 9. The van der Waals surface area contributed by atoms with Crippen molar-refractivity contribution in [2.45, 2.75) is 32.4 Å². The Balaban J connectivity index is 1.13. The summed E-state index contributed by atoms with van der Waals surface area (Å²) >= 11 is 0. The fraction of sp³-hybridized carbons (Fsp3) is 0.0877. The van der Waals surface area contributed by atoms with E-state index in [1.165, 1.54) is 82.8 Å². The highest BCUT2D eigenvalue weighted by Crippen LogP contribution is 2.55. The second-order valence-corrected chi connectivity index (χ2v) is 17.0. The van der Waals surface area contributed by atoms with Crippen LogP contribution < -0.4 is 9.80 Å². The van der Waals surface area contributed by atoms with Gasteiger partial charge in [0.05, 0.1) is 11.0 Å². The van der Waals surface area contributed by atoms with E-state index in [0.29, 0.717) is 0 Å². The fourth-order valence-corrected chi connectivity index (χ4v) is 10.4. The first-order chi connectivity index (χ1) is 29.5. The molecule has 1 aromatic heterocycles. The third-order valence-corrected chi connectivity index (χ3v) is 13.2. The topological polar surface area (TPSA) is 11.4 Å². The number of hydrogen-bond acceptors (Lipinski definition) is 2. The molecule has 10 aromatic rings. The number of nitrogens with zero attached hydrogens (tertiary/aromatic N) is 3. The van der Waals surface area contributed by atoms with E-state index >= 15 is 0 Å². The van der Waals surface area contributed by atoms with Gasteiger partial charge in [-0.15, -0.1) is 0 Å². The van der Waals surface area contributed by atoms with Crippen LogP contribution in [0.2, 0.25) is 0 Å². The van der Waals surface area contributed by atoms with E-state index in [2.05, 4.69) is 228 Å². The molecule has 12 rings (SSSR count). The summed E-state index contributed by atoms with van der Waals surface area (Å²) < 4.78 is 2.42. The molecule has 2 aliphatic rings. The van der Waals surface area contributed by atoms with Gasteiger partial charge in [-0.25, -0.2) is 0 Å². The average molecular weight is 770 g/mol. The summed E-state index contributed by atoms with van der Waals surface area (Å²) in [6, 6.07) is 74.1. The molecule has 286 valence electrons. The van der Waals surface area contributed by atoms with Crippen LogP contribution in [0, 0.1) is 0 Å². The molecule has 1 aliphatic heterocycles. The smallest absolute Gasteiger partial charge is 0.0561 e. The molecule has 2 heterocycles. The monoisotopic (exact) mass is 769 g/mol. The SMILES string of the molecule is CC1(C)c2ccccc2-c2c(-c3cccc4c3CN(c3ccccc3)C4)cc(N(c3ccc4ccccc4c3)c3ccc4c5ccccc5n(-c5ccccc5)c4c3)cc21. The van der Waals surface area contributed by atoms with Gasteiger partial charge in [-0.1, -0.05) is 147 Å². The molecule has 60 heavy (non-hydrogen) atoms. The molecule has 0 N–H and O–H groups in total.